The van der Waals surface area contributed by atoms with Gasteiger partial charge in [-0.05, 0) is 11.6 Å². The molecule has 1 aliphatic heterocycles. The molecule has 2 aromatic heterocycles. The summed E-state index contributed by atoms with van der Waals surface area (Å²) in [6.45, 7) is 3.67. The smallest absolute Gasteiger partial charge is 0.123 e. The van der Waals surface area contributed by atoms with Gasteiger partial charge in [-0.3, -0.25) is 9.58 Å². The summed E-state index contributed by atoms with van der Waals surface area (Å²) in [5.74, 6) is 1.04. The van der Waals surface area contributed by atoms with Crippen molar-refractivity contribution in [1.29, 1.82) is 0 Å². The molecule has 0 aliphatic carbocycles. The lowest BCUT2D eigenvalue weighted by Crippen LogP contribution is -2.34. The predicted molar refractivity (Wildman–Crippen MR) is 96.2 cm³/mol. The standard InChI is InChI=1S/C19H23N5O2/c25-14-18(26)17-10-16-12-22(8-9-24(16)21-17)13-19-20-6-7-23(19)11-15-4-2-1-3-5-15/h1-7,10,18,25-26H,8-9,11-14H2. The Bertz CT molecular complexity index is 858. The highest BCUT2D eigenvalue weighted by molar-refractivity contribution is 5.16. The van der Waals surface area contributed by atoms with Gasteiger partial charge in [-0.15, -0.1) is 0 Å². The normalized spacial score (nSPS) is 15.8. The maximum Gasteiger partial charge on any atom is 0.123 e. The van der Waals surface area contributed by atoms with E-state index >= 15 is 0 Å². The second-order valence-corrected chi connectivity index (χ2v) is 6.65. The van der Waals surface area contributed by atoms with E-state index in [1.165, 1.54) is 5.56 Å². The van der Waals surface area contributed by atoms with Crippen LogP contribution in [0.1, 0.15) is 28.9 Å². The van der Waals surface area contributed by atoms with Gasteiger partial charge in [-0.1, -0.05) is 30.3 Å². The van der Waals surface area contributed by atoms with E-state index in [2.05, 4.69) is 43.8 Å². The summed E-state index contributed by atoms with van der Waals surface area (Å²) in [6.07, 6.45) is 2.96. The zero-order valence-electron chi connectivity index (χ0n) is 14.6. The number of rotatable bonds is 6. The zero-order valence-corrected chi connectivity index (χ0v) is 14.6. The average molecular weight is 353 g/mol. The highest BCUT2D eigenvalue weighted by atomic mass is 16.3. The minimum atomic E-state index is -0.911. The molecule has 0 radical (unpaired) electrons. The van der Waals surface area contributed by atoms with Crippen molar-refractivity contribution in [2.75, 3.05) is 13.2 Å². The Morgan fingerprint density at radius 1 is 1.12 bits per heavy atom. The summed E-state index contributed by atoms with van der Waals surface area (Å²) in [5.41, 5.74) is 2.85. The second kappa shape index (κ2) is 7.41. The van der Waals surface area contributed by atoms with E-state index in [4.69, 9.17) is 5.11 Å². The number of imidazole rings is 1. The lowest BCUT2D eigenvalue weighted by molar-refractivity contribution is 0.0915. The van der Waals surface area contributed by atoms with E-state index in [9.17, 15) is 5.11 Å². The first-order valence-corrected chi connectivity index (χ1v) is 8.85. The van der Waals surface area contributed by atoms with Crippen molar-refractivity contribution in [2.24, 2.45) is 0 Å². The molecule has 1 aromatic carbocycles. The Morgan fingerprint density at radius 3 is 2.77 bits per heavy atom. The summed E-state index contributed by atoms with van der Waals surface area (Å²) in [7, 11) is 0. The minimum Gasteiger partial charge on any atom is -0.393 e. The first-order chi connectivity index (χ1) is 12.7. The van der Waals surface area contributed by atoms with Crippen molar-refractivity contribution in [3.63, 3.8) is 0 Å². The van der Waals surface area contributed by atoms with Gasteiger partial charge in [0.15, 0.2) is 0 Å². The third-order valence-corrected chi connectivity index (χ3v) is 4.77. The maximum atomic E-state index is 9.78. The number of aliphatic hydroxyl groups is 2. The molecule has 7 nitrogen and oxygen atoms in total. The van der Waals surface area contributed by atoms with Crippen molar-refractivity contribution in [2.45, 2.75) is 32.3 Å². The van der Waals surface area contributed by atoms with Crippen molar-refractivity contribution < 1.29 is 10.2 Å². The van der Waals surface area contributed by atoms with Gasteiger partial charge in [-0.2, -0.15) is 5.10 Å². The fourth-order valence-electron chi connectivity index (χ4n) is 3.35. The molecule has 0 bridgehead atoms. The second-order valence-electron chi connectivity index (χ2n) is 6.65. The summed E-state index contributed by atoms with van der Waals surface area (Å²) in [4.78, 5) is 6.86. The Hall–Kier alpha value is -2.48. The molecule has 0 spiro atoms. The van der Waals surface area contributed by atoms with Crippen LogP contribution in [-0.4, -0.2) is 47.6 Å². The average Bonchev–Trinajstić information content (AvgIpc) is 3.28. The molecule has 0 amide bonds. The van der Waals surface area contributed by atoms with Crippen LogP contribution in [0.4, 0.5) is 0 Å². The van der Waals surface area contributed by atoms with Crippen LogP contribution in [-0.2, 0) is 26.2 Å². The number of aliphatic hydroxyl groups excluding tert-OH is 2. The van der Waals surface area contributed by atoms with Gasteiger partial charge in [0.25, 0.3) is 0 Å². The van der Waals surface area contributed by atoms with E-state index in [-0.39, 0.29) is 6.61 Å². The Labute approximate surface area is 152 Å². The van der Waals surface area contributed by atoms with Crippen LogP contribution in [0.2, 0.25) is 0 Å². The monoisotopic (exact) mass is 353 g/mol. The number of benzene rings is 1. The third-order valence-electron chi connectivity index (χ3n) is 4.77. The van der Waals surface area contributed by atoms with Crippen LogP contribution in [0.5, 0.6) is 0 Å². The molecule has 0 saturated carbocycles. The third kappa shape index (κ3) is 3.55. The van der Waals surface area contributed by atoms with Crippen molar-refractivity contribution in [3.05, 3.63) is 71.6 Å². The van der Waals surface area contributed by atoms with Gasteiger partial charge in [0.1, 0.15) is 11.9 Å². The number of hydrogen-bond donors (Lipinski definition) is 2. The molecule has 3 aromatic rings. The van der Waals surface area contributed by atoms with E-state index in [1.54, 1.807) is 0 Å². The molecular formula is C19H23N5O2. The molecule has 7 heteroatoms. The molecule has 2 N–H and O–H groups in total. The molecule has 1 unspecified atom stereocenters. The molecule has 4 rings (SSSR count). The van der Waals surface area contributed by atoms with Gasteiger partial charge in [0.2, 0.25) is 0 Å². The summed E-state index contributed by atoms with van der Waals surface area (Å²) in [5, 5.41) is 23.3. The van der Waals surface area contributed by atoms with Crippen molar-refractivity contribution in [1.82, 2.24) is 24.2 Å². The minimum absolute atomic E-state index is 0.308. The maximum absolute atomic E-state index is 9.78. The van der Waals surface area contributed by atoms with Crippen LogP contribution >= 0.6 is 0 Å². The zero-order chi connectivity index (χ0) is 17.9. The molecule has 0 fully saturated rings. The largest absolute Gasteiger partial charge is 0.393 e. The molecule has 26 heavy (non-hydrogen) atoms. The van der Waals surface area contributed by atoms with E-state index in [1.807, 2.05) is 29.2 Å². The molecule has 1 aliphatic rings. The highest BCUT2D eigenvalue weighted by Gasteiger charge is 2.22. The molecule has 136 valence electrons. The Kier molecular flexibility index (Phi) is 4.83. The number of aromatic nitrogens is 4. The van der Waals surface area contributed by atoms with Crippen LogP contribution in [0.15, 0.2) is 48.8 Å². The number of nitrogens with zero attached hydrogens (tertiary/aromatic N) is 5. The van der Waals surface area contributed by atoms with Crippen LogP contribution < -0.4 is 0 Å². The van der Waals surface area contributed by atoms with E-state index in [0.717, 1.165) is 44.2 Å². The molecular weight excluding hydrogens is 330 g/mol. The summed E-state index contributed by atoms with van der Waals surface area (Å²) in [6, 6.07) is 12.3. The lowest BCUT2D eigenvalue weighted by atomic mass is 10.2. The van der Waals surface area contributed by atoms with Gasteiger partial charge in [-0.25, -0.2) is 4.98 Å². The Balaban J connectivity index is 1.44. The van der Waals surface area contributed by atoms with Crippen LogP contribution in [0.3, 0.4) is 0 Å². The fourth-order valence-corrected chi connectivity index (χ4v) is 3.35. The number of hydrogen-bond acceptors (Lipinski definition) is 5. The predicted octanol–water partition coefficient (Wildman–Crippen LogP) is 1.17. The van der Waals surface area contributed by atoms with Gasteiger partial charge in [0.05, 0.1) is 31.1 Å². The summed E-state index contributed by atoms with van der Waals surface area (Å²) < 4.78 is 4.10. The molecule has 1 atom stereocenters. The van der Waals surface area contributed by atoms with Crippen LogP contribution in [0, 0.1) is 0 Å². The first kappa shape index (κ1) is 17.0. The topological polar surface area (TPSA) is 79.3 Å². The lowest BCUT2D eigenvalue weighted by Gasteiger charge is -2.27. The van der Waals surface area contributed by atoms with E-state index in [0.29, 0.717) is 5.69 Å². The molecule has 3 heterocycles. The first-order valence-electron chi connectivity index (χ1n) is 8.85. The fraction of sp³-hybridized carbons (Fsp3) is 0.368. The quantitative estimate of drug-likeness (QED) is 0.695. The Morgan fingerprint density at radius 2 is 1.96 bits per heavy atom. The van der Waals surface area contributed by atoms with Gasteiger partial charge >= 0.3 is 0 Å². The molecule has 0 saturated heterocycles. The van der Waals surface area contributed by atoms with Crippen molar-refractivity contribution in [3.8, 4) is 0 Å². The highest BCUT2D eigenvalue weighted by Crippen LogP contribution is 2.19. The summed E-state index contributed by atoms with van der Waals surface area (Å²) >= 11 is 0. The SMILES string of the molecule is OCC(O)c1cc2n(n1)CCN(Cc1nccn1Cc1ccccc1)C2. The van der Waals surface area contributed by atoms with Crippen LogP contribution in [0.25, 0.3) is 0 Å². The van der Waals surface area contributed by atoms with Gasteiger partial charge < -0.3 is 14.8 Å². The van der Waals surface area contributed by atoms with E-state index < -0.39 is 6.10 Å². The number of fused-ring (bicyclic) bond motifs is 1. The van der Waals surface area contributed by atoms with Crippen molar-refractivity contribution >= 4 is 0 Å². The van der Waals surface area contributed by atoms with Gasteiger partial charge in [0, 0.05) is 32.0 Å².